The second-order valence-corrected chi connectivity index (χ2v) is 6.85. The van der Waals surface area contributed by atoms with E-state index in [-0.39, 0.29) is 6.10 Å². The summed E-state index contributed by atoms with van der Waals surface area (Å²) in [5, 5.41) is 10.5. The Kier molecular flexibility index (Phi) is 4.84. The summed E-state index contributed by atoms with van der Waals surface area (Å²) in [7, 11) is 0. The number of rotatable bonds is 5. The Hall–Kier alpha value is -1.02. The summed E-state index contributed by atoms with van der Waals surface area (Å²) in [6.07, 6.45) is 9.19. The van der Waals surface area contributed by atoms with Gasteiger partial charge in [0, 0.05) is 6.42 Å². The monoisotopic (exact) mass is 288 g/mol. The molecule has 0 radical (unpaired) electrons. The van der Waals surface area contributed by atoms with E-state index < -0.39 is 0 Å². The van der Waals surface area contributed by atoms with Gasteiger partial charge < -0.3 is 9.84 Å². The van der Waals surface area contributed by atoms with E-state index in [1.807, 2.05) is 0 Å². The van der Waals surface area contributed by atoms with Crippen LogP contribution in [0.5, 0.6) is 5.75 Å². The number of benzene rings is 1. The van der Waals surface area contributed by atoms with Gasteiger partial charge in [0.05, 0.1) is 12.7 Å². The zero-order chi connectivity index (χ0) is 14.7. The van der Waals surface area contributed by atoms with Crippen molar-refractivity contribution < 1.29 is 9.84 Å². The molecule has 0 spiro atoms. The van der Waals surface area contributed by atoms with Gasteiger partial charge in [0.15, 0.2) is 0 Å². The highest BCUT2D eigenvalue weighted by Crippen LogP contribution is 2.34. The average Bonchev–Trinajstić information content (AvgIpc) is 3.00. The first kappa shape index (κ1) is 14.9. The normalized spacial score (nSPS) is 26.2. The van der Waals surface area contributed by atoms with Crippen LogP contribution >= 0.6 is 0 Å². The molecular weight excluding hydrogens is 260 g/mol. The van der Waals surface area contributed by atoms with E-state index in [9.17, 15) is 5.11 Å². The van der Waals surface area contributed by atoms with Crippen LogP contribution in [0.4, 0.5) is 0 Å². The molecule has 1 fully saturated rings. The Morgan fingerprint density at radius 3 is 3.10 bits per heavy atom. The molecule has 1 aliphatic carbocycles. The lowest BCUT2D eigenvalue weighted by Crippen LogP contribution is -2.27. The third-order valence-corrected chi connectivity index (χ3v) is 5.43. The molecule has 0 bridgehead atoms. The van der Waals surface area contributed by atoms with Crippen molar-refractivity contribution >= 4 is 0 Å². The van der Waals surface area contributed by atoms with Crippen LogP contribution in [-0.2, 0) is 12.8 Å². The molecule has 3 atom stereocenters. The fourth-order valence-corrected chi connectivity index (χ4v) is 4.00. The Morgan fingerprint density at radius 1 is 1.33 bits per heavy atom. The van der Waals surface area contributed by atoms with E-state index in [1.54, 1.807) is 0 Å². The molecule has 116 valence electrons. The lowest BCUT2D eigenvalue weighted by atomic mass is 9.76. The molecule has 1 heterocycles. The molecule has 1 saturated carbocycles. The average molecular weight is 288 g/mol. The Labute approximate surface area is 128 Å². The maximum Gasteiger partial charge on any atom is 0.122 e. The Morgan fingerprint density at radius 2 is 2.24 bits per heavy atom. The largest absolute Gasteiger partial charge is 0.493 e. The standard InChI is InChI=1S/C19H28O2/c1-2-14-4-3-5-16(12-14)18(20)8-6-15-7-9-19-17(13-15)10-11-21-19/h7,9,13-14,16,18,20H,2-6,8,10-12H2,1H3. The zero-order valence-electron chi connectivity index (χ0n) is 13.2. The molecule has 0 amide bonds. The molecule has 3 rings (SSSR count). The van der Waals surface area contributed by atoms with Crippen molar-refractivity contribution in [3.8, 4) is 5.75 Å². The van der Waals surface area contributed by atoms with Crippen molar-refractivity contribution in [1.82, 2.24) is 0 Å². The van der Waals surface area contributed by atoms with Crippen molar-refractivity contribution in [3.63, 3.8) is 0 Å². The lowest BCUT2D eigenvalue weighted by molar-refractivity contribution is 0.0618. The Bertz CT molecular complexity index is 469. The van der Waals surface area contributed by atoms with Crippen LogP contribution in [0, 0.1) is 11.8 Å². The third-order valence-electron chi connectivity index (χ3n) is 5.43. The molecule has 1 aromatic carbocycles. The van der Waals surface area contributed by atoms with Crippen molar-refractivity contribution in [2.45, 2.75) is 64.4 Å². The maximum absolute atomic E-state index is 10.5. The molecule has 2 aliphatic rings. The van der Waals surface area contributed by atoms with E-state index in [0.717, 1.165) is 37.5 Å². The van der Waals surface area contributed by atoms with Crippen molar-refractivity contribution in [2.24, 2.45) is 11.8 Å². The maximum atomic E-state index is 10.5. The fraction of sp³-hybridized carbons (Fsp3) is 0.684. The molecule has 1 aromatic rings. The van der Waals surface area contributed by atoms with Crippen LogP contribution in [0.2, 0.25) is 0 Å². The van der Waals surface area contributed by atoms with Crippen molar-refractivity contribution in [1.29, 1.82) is 0 Å². The van der Waals surface area contributed by atoms with Crippen LogP contribution in [0.3, 0.4) is 0 Å². The Balaban J connectivity index is 1.52. The summed E-state index contributed by atoms with van der Waals surface area (Å²) >= 11 is 0. The van der Waals surface area contributed by atoms with Gasteiger partial charge in [-0.1, -0.05) is 38.3 Å². The highest BCUT2D eigenvalue weighted by atomic mass is 16.5. The van der Waals surface area contributed by atoms with Crippen LogP contribution in [0.25, 0.3) is 0 Å². The van der Waals surface area contributed by atoms with E-state index in [4.69, 9.17) is 4.74 Å². The number of aryl methyl sites for hydroxylation is 1. The molecule has 2 heteroatoms. The predicted molar refractivity (Wildman–Crippen MR) is 85.7 cm³/mol. The summed E-state index contributed by atoms with van der Waals surface area (Å²) < 4.78 is 5.55. The highest BCUT2D eigenvalue weighted by molar-refractivity contribution is 5.39. The summed E-state index contributed by atoms with van der Waals surface area (Å²) in [5.74, 6) is 2.43. The van der Waals surface area contributed by atoms with Gasteiger partial charge in [-0.05, 0) is 54.7 Å². The van der Waals surface area contributed by atoms with Crippen molar-refractivity contribution in [3.05, 3.63) is 29.3 Å². The predicted octanol–water partition coefficient (Wildman–Crippen LogP) is 4.13. The first-order chi connectivity index (χ1) is 10.3. The molecule has 0 aromatic heterocycles. The summed E-state index contributed by atoms with van der Waals surface area (Å²) in [6, 6.07) is 6.52. The molecular formula is C19H28O2. The van der Waals surface area contributed by atoms with E-state index in [1.165, 1.54) is 43.2 Å². The summed E-state index contributed by atoms with van der Waals surface area (Å²) in [6.45, 7) is 3.11. The first-order valence-corrected chi connectivity index (χ1v) is 8.69. The second-order valence-electron chi connectivity index (χ2n) is 6.85. The van der Waals surface area contributed by atoms with Crippen LogP contribution < -0.4 is 4.74 Å². The summed E-state index contributed by atoms with van der Waals surface area (Å²) in [4.78, 5) is 0. The van der Waals surface area contributed by atoms with Gasteiger partial charge in [0.2, 0.25) is 0 Å². The number of fused-ring (bicyclic) bond motifs is 1. The van der Waals surface area contributed by atoms with Gasteiger partial charge in [0.1, 0.15) is 5.75 Å². The van der Waals surface area contributed by atoms with E-state index >= 15 is 0 Å². The smallest absolute Gasteiger partial charge is 0.122 e. The number of hydrogen-bond acceptors (Lipinski definition) is 2. The van der Waals surface area contributed by atoms with E-state index in [0.29, 0.717) is 5.92 Å². The third kappa shape index (κ3) is 3.60. The molecule has 1 aliphatic heterocycles. The number of ether oxygens (including phenoxy) is 1. The summed E-state index contributed by atoms with van der Waals surface area (Å²) in [5.41, 5.74) is 2.69. The first-order valence-electron chi connectivity index (χ1n) is 8.69. The topological polar surface area (TPSA) is 29.5 Å². The lowest BCUT2D eigenvalue weighted by Gasteiger charge is -2.31. The van der Waals surface area contributed by atoms with Gasteiger partial charge in [-0.2, -0.15) is 0 Å². The van der Waals surface area contributed by atoms with Crippen LogP contribution in [0.15, 0.2) is 18.2 Å². The quantitative estimate of drug-likeness (QED) is 0.882. The minimum atomic E-state index is -0.121. The minimum Gasteiger partial charge on any atom is -0.493 e. The van der Waals surface area contributed by atoms with Crippen LogP contribution in [0.1, 0.15) is 56.6 Å². The fourth-order valence-electron chi connectivity index (χ4n) is 4.00. The van der Waals surface area contributed by atoms with Crippen molar-refractivity contribution in [2.75, 3.05) is 6.61 Å². The number of aliphatic hydroxyl groups is 1. The zero-order valence-corrected chi connectivity index (χ0v) is 13.2. The van der Waals surface area contributed by atoms with Gasteiger partial charge in [-0.15, -0.1) is 0 Å². The second kappa shape index (κ2) is 6.83. The molecule has 2 nitrogen and oxygen atoms in total. The molecule has 0 saturated heterocycles. The highest BCUT2D eigenvalue weighted by Gasteiger charge is 2.26. The van der Waals surface area contributed by atoms with Gasteiger partial charge in [-0.3, -0.25) is 0 Å². The van der Waals surface area contributed by atoms with Gasteiger partial charge >= 0.3 is 0 Å². The van der Waals surface area contributed by atoms with E-state index in [2.05, 4.69) is 25.1 Å². The number of hydrogen-bond donors (Lipinski definition) is 1. The minimum absolute atomic E-state index is 0.121. The SMILES string of the molecule is CCC1CCCC(C(O)CCc2ccc3c(c2)CCO3)C1. The molecule has 21 heavy (non-hydrogen) atoms. The van der Waals surface area contributed by atoms with Crippen LogP contribution in [-0.4, -0.2) is 17.8 Å². The molecule has 3 unspecified atom stereocenters. The van der Waals surface area contributed by atoms with Gasteiger partial charge in [-0.25, -0.2) is 0 Å². The van der Waals surface area contributed by atoms with Gasteiger partial charge in [0.25, 0.3) is 0 Å². The molecule has 1 N–H and O–H groups in total. The number of aliphatic hydroxyl groups excluding tert-OH is 1.